The molecule has 0 bridgehead atoms. The van der Waals surface area contributed by atoms with Crippen LogP contribution >= 0.6 is 0 Å². The third kappa shape index (κ3) is 4.39. The number of anilines is 1. The van der Waals surface area contributed by atoms with Gasteiger partial charge in [-0.15, -0.1) is 0 Å². The molecule has 0 unspecified atom stereocenters. The number of benzene rings is 2. The van der Waals surface area contributed by atoms with E-state index in [1.54, 1.807) is 18.2 Å². The van der Waals surface area contributed by atoms with Crippen LogP contribution in [0.15, 0.2) is 47.4 Å². The largest absolute Gasteiger partial charge is 0.506 e. The number of hydrogen-bond acceptors (Lipinski definition) is 3. The lowest BCUT2D eigenvalue weighted by Crippen LogP contribution is -2.17. The van der Waals surface area contributed by atoms with Gasteiger partial charge in [-0.25, -0.2) is 8.42 Å². The molecular formula is C21H29NO3S. The standard InChI is InChI=1S/C21H29NO3S/c1-7-21(5,6)16-10-13-19(23)18(14-16)22-26(24,25)17-11-8-15(9-12-17)20(2,3)4/h8-14,22-23H,7H2,1-6H3. The average molecular weight is 376 g/mol. The summed E-state index contributed by atoms with van der Waals surface area (Å²) in [7, 11) is -3.78. The molecule has 0 atom stereocenters. The zero-order chi connectivity index (χ0) is 19.8. The molecule has 0 amide bonds. The first kappa shape index (κ1) is 20.3. The minimum absolute atomic E-state index is 0.0476. The summed E-state index contributed by atoms with van der Waals surface area (Å²) in [6, 6.07) is 11.9. The lowest BCUT2D eigenvalue weighted by Gasteiger charge is -2.24. The Bertz CT molecular complexity index is 876. The van der Waals surface area contributed by atoms with E-state index in [4.69, 9.17) is 0 Å². The first-order valence-electron chi connectivity index (χ1n) is 8.84. The number of rotatable bonds is 5. The zero-order valence-corrected chi connectivity index (χ0v) is 17.2. The summed E-state index contributed by atoms with van der Waals surface area (Å²) in [6.45, 7) is 12.5. The number of nitrogens with one attached hydrogen (secondary N) is 1. The van der Waals surface area contributed by atoms with Crippen molar-refractivity contribution in [2.24, 2.45) is 0 Å². The number of sulfonamides is 1. The van der Waals surface area contributed by atoms with E-state index in [0.717, 1.165) is 17.5 Å². The van der Waals surface area contributed by atoms with Crippen molar-refractivity contribution in [2.75, 3.05) is 4.72 Å². The minimum Gasteiger partial charge on any atom is -0.506 e. The second kappa shape index (κ2) is 6.95. The molecule has 5 heteroatoms. The van der Waals surface area contributed by atoms with Gasteiger partial charge in [-0.05, 0) is 52.6 Å². The Morgan fingerprint density at radius 3 is 1.96 bits per heavy atom. The molecule has 0 saturated carbocycles. The fourth-order valence-corrected chi connectivity index (χ4v) is 3.65. The molecule has 0 aliphatic heterocycles. The second-order valence-electron chi connectivity index (χ2n) is 8.35. The highest BCUT2D eigenvalue weighted by Gasteiger charge is 2.22. The minimum atomic E-state index is -3.78. The van der Waals surface area contributed by atoms with Crippen molar-refractivity contribution in [3.63, 3.8) is 0 Å². The van der Waals surface area contributed by atoms with Gasteiger partial charge in [0, 0.05) is 0 Å². The first-order chi connectivity index (χ1) is 11.9. The van der Waals surface area contributed by atoms with Gasteiger partial charge in [0.25, 0.3) is 10.0 Å². The average Bonchev–Trinajstić information content (AvgIpc) is 2.56. The summed E-state index contributed by atoms with van der Waals surface area (Å²) < 4.78 is 28.0. The molecule has 0 radical (unpaired) electrons. The van der Waals surface area contributed by atoms with Crippen LogP contribution in [-0.2, 0) is 20.9 Å². The third-order valence-corrected chi connectivity index (χ3v) is 6.32. The predicted molar refractivity (Wildman–Crippen MR) is 107 cm³/mol. The quantitative estimate of drug-likeness (QED) is 0.708. The Morgan fingerprint density at radius 1 is 0.923 bits per heavy atom. The van der Waals surface area contributed by atoms with Gasteiger partial charge in [-0.3, -0.25) is 4.72 Å². The first-order valence-corrected chi connectivity index (χ1v) is 10.3. The number of phenolic OH excluding ortho intramolecular Hbond substituents is 1. The zero-order valence-electron chi connectivity index (χ0n) is 16.4. The van der Waals surface area contributed by atoms with E-state index in [-0.39, 0.29) is 27.2 Å². The topological polar surface area (TPSA) is 66.4 Å². The van der Waals surface area contributed by atoms with Crippen molar-refractivity contribution < 1.29 is 13.5 Å². The molecule has 0 aromatic heterocycles. The molecule has 2 aromatic carbocycles. The molecule has 0 spiro atoms. The van der Waals surface area contributed by atoms with E-state index in [1.807, 2.05) is 18.2 Å². The van der Waals surface area contributed by atoms with Crippen LogP contribution in [-0.4, -0.2) is 13.5 Å². The summed E-state index contributed by atoms with van der Waals surface area (Å²) >= 11 is 0. The van der Waals surface area contributed by atoms with Crippen LogP contribution in [0, 0.1) is 0 Å². The molecule has 26 heavy (non-hydrogen) atoms. The predicted octanol–water partition coefficient (Wildman–Crippen LogP) is 5.18. The summed E-state index contributed by atoms with van der Waals surface area (Å²) in [5.41, 5.74) is 2.07. The molecule has 0 fully saturated rings. The van der Waals surface area contributed by atoms with Gasteiger partial charge in [-0.1, -0.05) is 59.7 Å². The van der Waals surface area contributed by atoms with Gasteiger partial charge >= 0.3 is 0 Å². The van der Waals surface area contributed by atoms with E-state index < -0.39 is 10.0 Å². The Hall–Kier alpha value is -2.01. The highest BCUT2D eigenvalue weighted by molar-refractivity contribution is 7.92. The van der Waals surface area contributed by atoms with Gasteiger partial charge in [0.2, 0.25) is 0 Å². The van der Waals surface area contributed by atoms with E-state index >= 15 is 0 Å². The summed E-state index contributed by atoms with van der Waals surface area (Å²) in [4.78, 5) is 0.171. The molecular weight excluding hydrogens is 346 g/mol. The van der Waals surface area contributed by atoms with Gasteiger partial charge in [0.05, 0.1) is 10.6 Å². The van der Waals surface area contributed by atoms with E-state index in [2.05, 4.69) is 46.3 Å². The van der Waals surface area contributed by atoms with Crippen LogP contribution in [0.25, 0.3) is 0 Å². The van der Waals surface area contributed by atoms with Crippen molar-refractivity contribution >= 4 is 15.7 Å². The molecule has 2 rings (SSSR count). The molecule has 0 saturated heterocycles. The number of aromatic hydroxyl groups is 1. The van der Waals surface area contributed by atoms with Gasteiger partial charge < -0.3 is 5.11 Å². The van der Waals surface area contributed by atoms with Crippen molar-refractivity contribution in [3.8, 4) is 5.75 Å². The Morgan fingerprint density at radius 2 is 1.46 bits per heavy atom. The lowest BCUT2D eigenvalue weighted by atomic mass is 9.82. The highest BCUT2D eigenvalue weighted by Crippen LogP contribution is 2.34. The monoisotopic (exact) mass is 375 g/mol. The molecule has 4 nitrogen and oxygen atoms in total. The Labute approximate surface area is 157 Å². The molecule has 142 valence electrons. The number of phenols is 1. The lowest BCUT2D eigenvalue weighted by molar-refractivity contribution is 0.474. The smallest absolute Gasteiger partial charge is 0.262 e. The molecule has 2 N–H and O–H groups in total. The summed E-state index contributed by atoms with van der Waals surface area (Å²) in [5, 5.41) is 10.1. The van der Waals surface area contributed by atoms with Crippen molar-refractivity contribution in [2.45, 2.75) is 63.7 Å². The van der Waals surface area contributed by atoms with E-state index in [0.29, 0.717) is 0 Å². The molecule has 0 aliphatic rings. The summed E-state index contributed by atoms with van der Waals surface area (Å²) in [6.07, 6.45) is 0.901. The summed E-state index contributed by atoms with van der Waals surface area (Å²) in [5.74, 6) is -0.0875. The van der Waals surface area contributed by atoms with E-state index in [9.17, 15) is 13.5 Å². The SMILES string of the molecule is CCC(C)(C)c1ccc(O)c(NS(=O)(=O)c2ccc(C(C)(C)C)cc2)c1. The van der Waals surface area contributed by atoms with Crippen LogP contribution in [0.1, 0.15) is 59.1 Å². The van der Waals surface area contributed by atoms with Crippen molar-refractivity contribution in [3.05, 3.63) is 53.6 Å². The number of hydrogen-bond donors (Lipinski definition) is 2. The van der Waals surface area contributed by atoms with Gasteiger partial charge in [0.1, 0.15) is 5.75 Å². The van der Waals surface area contributed by atoms with Crippen molar-refractivity contribution in [1.82, 2.24) is 0 Å². The fourth-order valence-electron chi connectivity index (χ4n) is 2.58. The third-order valence-electron chi connectivity index (χ3n) is 4.94. The molecule has 2 aromatic rings. The Balaban J connectivity index is 2.36. The van der Waals surface area contributed by atoms with Crippen LogP contribution in [0.5, 0.6) is 5.75 Å². The van der Waals surface area contributed by atoms with Gasteiger partial charge in [0.15, 0.2) is 0 Å². The molecule has 0 aliphatic carbocycles. The normalized spacial score (nSPS) is 12.8. The molecule has 0 heterocycles. The van der Waals surface area contributed by atoms with Crippen LogP contribution in [0.4, 0.5) is 5.69 Å². The van der Waals surface area contributed by atoms with Crippen LogP contribution < -0.4 is 4.72 Å². The van der Waals surface area contributed by atoms with Crippen LogP contribution in [0.2, 0.25) is 0 Å². The van der Waals surface area contributed by atoms with Crippen molar-refractivity contribution in [1.29, 1.82) is 0 Å². The van der Waals surface area contributed by atoms with Gasteiger partial charge in [-0.2, -0.15) is 0 Å². The Kier molecular flexibility index (Phi) is 5.43. The maximum atomic E-state index is 12.7. The second-order valence-corrected chi connectivity index (χ2v) is 10.0. The van der Waals surface area contributed by atoms with E-state index in [1.165, 1.54) is 6.07 Å². The fraction of sp³-hybridized carbons (Fsp3) is 0.429. The maximum Gasteiger partial charge on any atom is 0.262 e. The maximum absolute atomic E-state index is 12.7. The van der Waals surface area contributed by atoms with Crippen LogP contribution in [0.3, 0.4) is 0 Å². The highest BCUT2D eigenvalue weighted by atomic mass is 32.2.